The number of aromatic amines is 1. The first-order valence-electron chi connectivity index (χ1n) is 8.02. The predicted octanol–water partition coefficient (Wildman–Crippen LogP) is 4.93. The Hall–Kier alpha value is -2.63. The van der Waals surface area contributed by atoms with Crippen LogP contribution in [0.25, 0.3) is 22.2 Å². The molecule has 0 bridgehead atoms. The number of benzene rings is 2. The van der Waals surface area contributed by atoms with Crippen molar-refractivity contribution in [1.82, 2.24) is 15.0 Å². The molecule has 1 N–H and O–H groups in total. The fraction of sp³-hybridized carbons (Fsp3) is 0.0500. The summed E-state index contributed by atoms with van der Waals surface area (Å²) < 4.78 is 0. The second-order valence-electron chi connectivity index (χ2n) is 5.73. The average Bonchev–Trinajstić information content (AvgIpc) is 2.67. The van der Waals surface area contributed by atoms with Gasteiger partial charge in [-0.15, -0.1) is 0 Å². The van der Waals surface area contributed by atoms with Crippen molar-refractivity contribution in [3.8, 4) is 11.3 Å². The summed E-state index contributed by atoms with van der Waals surface area (Å²) >= 11 is 7.37. The highest BCUT2D eigenvalue weighted by Crippen LogP contribution is 2.24. The number of thioether (sulfide) groups is 1. The maximum Gasteiger partial charge on any atom is 0.252 e. The molecule has 0 atom stereocenters. The summed E-state index contributed by atoms with van der Waals surface area (Å²) in [5.74, 6) is 0.504. The van der Waals surface area contributed by atoms with E-state index in [2.05, 4.69) is 15.0 Å². The summed E-state index contributed by atoms with van der Waals surface area (Å²) in [6.45, 7) is 0. The molecule has 4 aromatic rings. The summed E-state index contributed by atoms with van der Waals surface area (Å²) in [7, 11) is 0. The Bertz CT molecular complexity index is 1130. The Labute approximate surface area is 159 Å². The Morgan fingerprint density at radius 1 is 1.04 bits per heavy atom. The SMILES string of the molecule is O=c1[nH]c2ccccc2cc1CSc1nccc(-c2ccc(Cl)cc2)n1. The van der Waals surface area contributed by atoms with Crippen LogP contribution in [0.1, 0.15) is 5.56 Å². The first-order chi connectivity index (χ1) is 12.7. The summed E-state index contributed by atoms with van der Waals surface area (Å²) in [4.78, 5) is 24.0. The number of para-hydroxylation sites is 1. The molecule has 26 heavy (non-hydrogen) atoms. The molecule has 0 saturated carbocycles. The fourth-order valence-corrected chi connectivity index (χ4v) is 3.56. The van der Waals surface area contributed by atoms with Crippen molar-refractivity contribution in [1.29, 1.82) is 0 Å². The molecule has 4 rings (SSSR count). The van der Waals surface area contributed by atoms with Gasteiger partial charge in [0.2, 0.25) is 0 Å². The highest BCUT2D eigenvalue weighted by Gasteiger charge is 2.07. The maximum atomic E-state index is 12.3. The van der Waals surface area contributed by atoms with Gasteiger partial charge in [0.15, 0.2) is 5.16 Å². The molecule has 4 nitrogen and oxygen atoms in total. The van der Waals surface area contributed by atoms with E-state index in [9.17, 15) is 4.79 Å². The topological polar surface area (TPSA) is 58.6 Å². The number of hydrogen-bond donors (Lipinski definition) is 1. The number of rotatable bonds is 4. The van der Waals surface area contributed by atoms with Crippen LogP contribution in [-0.2, 0) is 5.75 Å². The van der Waals surface area contributed by atoms with E-state index < -0.39 is 0 Å². The zero-order chi connectivity index (χ0) is 17.9. The Kier molecular flexibility index (Phi) is 4.73. The quantitative estimate of drug-likeness (QED) is 0.403. The molecule has 0 aliphatic carbocycles. The number of hydrogen-bond acceptors (Lipinski definition) is 4. The third kappa shape index (κ3) is 3.64. The molecule has 128 valence electrons. The molecule has 2 aromatic heterocycles. The van der Waals surface area contributed by atoms with Gasteiger partial charge in [-0.3, -0.25) is 4.79 Å². The number of fused-ring (bicyclic) bond motifs is 1. The number of H-pyrrole nitrogens is 1. The molecule has 6 heteroatoms. The number of pyridine rings is 1. The van der Waals surface area contributed by atoms with Gasteiger partial charge in [0, 0.05) is 33.6 Å². The predicted molar refractivity (Wildman–Crippen MR) is 107 cm³/mol. The van der Waals surface area contributed by atoms with Crippen LogP contribution in [0.4, 0.5) is 0 Å². The molecule has 0 fully saturated rings. The lowest BCUT2D eigenvalue weighted by Crippen LogP contribution is -2.11. The molecule has 0 spiro atoms. The molecule has 0 aliphatic heterocycles. The second kappa shape index (κ2) is 7.32. The molecule has 0 amide bonds. The minimum Gasteiger partial charge on any atom is -0.322 e. The van der Waals surface area contributed by atoms with E-state index in [0.717, 1.165) is 22.2 Å². The zero-order valence-electron chi connectivity index (χ0n) is 13.6. The number of nitrogens with zero attached hydrogens (tertiary/aromatic N) is 2. The minimum absolute atomic E-state index is 0.0787. The van der Waals surface area contributed by atoms with Gasteiger partial charge in [0.05, 0.1) is 5.69 Å². The smallest absolute Gasteiger partial charge is 0.252 e. The van der Waals surface area contributed by atoms with E-state index in [4.69, 9.17) is 11.6 Å². The standard InChI is InChI=1S/C20H14ClN3OS/c21-16-7-5-13(6-8-16)18-9-10-22-20(24-18)26-12-15-11-14-3-1-2-4-17(14)23-19(15)25/h1-11H,12H2,(H,23,25). The fourth-order valence-electron chi connectivity index (χ4n) is 2.63. The molecule has 0 radical (unpaired) electrons. The van der Waals surface area contributed by atoms with Crippen LogP contribution in [0.5, 0.6) is 0 Å². The number of halogens is 1. The number of nitrogens with one attached hydrogen (secondary N) is 1. The van der Waals surface area contributed by atoms with Crippen molar-refractivity contribution in [2.75, 3.05) is 0 Å². The van der Waals surface area contributed by atoms with Crippen LogP contribution in [0.15, 0.2) is 76.8 Å². The van der Waals surface area contributed by atoms with Crippen molar-refractivity contribution >= 4 is 34.3 Å². The molecule has 0 saturated heterocycles. The molecule has 0 aliphatic rings. The van der Waals surface area contributed by atoms with E-state index in [1.54, 1.807) is 6.20 Å². The largest absolute Gasteiger partial charge is 0.322 e. The lowest BCUT2D eigenvalue weighted by Gasteiger charge is -2.05. The summed E-state index contributed by atoms with van der Waals surface area (Å²) in [5, 5.41) is 2.33. The minimum atomic E-state index is -0.0787. The Morgan fingerprint density at radius 3 is 2.69 bits per heavy atom. The zero-order valence-corrected chi connectivity index (χ0v) is 15.2. The maximum absolute atomic E-state index is 12.3. The molecule has 2 aromatic carbocycles. The van der Waals surface area contributed by atoms with Gasteiger partial charge in [-0.2, -0.15) is 0 Å². The van der Waals surface area contributed by atoms with Crippen molar-refractivity contribution in [3.05, 3.63) is 87.8 Å². The highest BCUT2D eigenvalue weighted by atomic mass is 35.5. The van der Waals surface area contributed by atoms with Gasteiger partial charge in [0.1, 0.15) is 0 Å². The summed E-state index contributed by atoms with van der Waals surface area (Å²) in [6.07, 6.45) is 1.73. The van der Waals surface area contributed by atoms with Crippen molar-refractivity contribution in [3.63, 3.8) is 0 Å². The van der Waals surface area contributed by atoms with E-state index >= 15 is 0 Å². The van der Waals surface area contributed by atoms with Crippen LogP contribution in [-0.4, -0.2) is 15.0 Å². The van der Waals surface area contributed by atoms with Gasteiger partial charge in [-0.05, 0) is 35.7 Å². The van der Waals surface area contributed by atoms with Crippen molar-refractivity contribution in [2.24, 2.45) is 0 Å². The summed E-state index contributed by atoms with van der Waals surface area (Å²) in [6, 6.07) is 19.0. The van der Waals surface area contributed by atoms with E-state index in [1.807, 2.05) is 60.7 Å². The van der Waals surface area contributed by atoms with Crippen LogP contribution in [0, 0.1) is 0 Å². The van der Waals surface area contributed by atoms with Gasteiger partial charge in [-0.25, -0.2) is 9.97 Å². The van der Waals surface area contributed by atoms with Gasteiger partial charge < -0.3 is 4.98 Å². The molecular weight excluding hydrogens is 366 g/mol. The van der Waals surface area contributed by atoms with Crippen LogP contribution < -0.4 is 5.56 Å². The average molecular weight is 380 g/mol. The lowest BCUT2D eigenvalue weighted by atomic mass is 10.1. The molecule has 0 unspecified atom stereocenters. The van der Waals surface area contributed by atoms with Crippen molar-refractivity contribution < 1.29 is 0 Å². The van der Waals surface area contributed by atoms with Crippen molar-refractivity contribution in [2.45, 2.75) is 10.9 Å². The van der Waals surface area contributed by atoms with Crippen LogP contribution in [0.2, 0.25) is 5.02 Å². The second-order valence-corrected chi connectivity index (χ2v) is 7.11. The monoisotopic (exact) mass is 379 g/mol. The lowest BCUT2D eigenvalue weighted by molar-refractivity contribution is 0.971. The van der Waals surface area contributed by atoms with Gasteiger partial charge in [0.25, 0.3) is 5.56 Å². The Balaban J connectivity index is 1.57. The first kappa shape index (κ1) is 16.8. The number of aromatic nitrogens is 3. The van der Waals surface area contributed by atoms with E-state index in [0.29, 0.717) is 21.5 Å². The van der Waals surface area contributed by atoms with E-state index in [-0.39, 0.29) is 5.56 Å². The third-order valence-corrected chi connectivity index (χ3v) is 5.12. The van der Waals surface area contributed by atoms with E-state index in [1.165, 1.54) is 11.8 Å². The first-order valence-corrected chi connectivity index (χ1v) is 9.38. The highest BCUT2D eigenvalue weighted by molar-refractivity contribution is 7.98. The van der Waals surface area contributed by atoms with Gasteiger partial charge in [-0.1, -0.05) is 53.7 Å². The third-order valence-electron chi connectivity index (χ3n) is 3.96. The van der Waals surface area contributed by atoms with Gasteiger partial charge >= 0.3 is 0 Å². The van der Waals surface area contributed by atoms with Crippen LogP contribution >= 0.6 is 23.4 Å². The molecule has 2 heterocycles. The summed E-state index contributed by atoms with van der Waals surface area (Å²) in [5.41, 5.74) is 3.26. The van der Waals surface area contributed by atoms with Crippen LogP contribution in [0.3, 0.4) is 0 Å². The Morgan fingerprint density at radius 2 is 1.85 bits per heavy atom. The molecular formula is C20H14ClN3OS. The normalized spacial score (nSPS) is 11.0.